The Bertz CT molecular complexity index is 1470. The summed E-state index contributed by atoms with van der Waals surface area (Å²) in [6.45, 7) is 6.17. The van der Waals surface area contributed by atoms with E-state index in [0.29, 0.717) is 24.3 Å². The third-order valence-corrected chi connectivity index (χ3v) is 6.53. The average molecular weight is 542 g/mol. The topological polar surface area (TPSA) is 110 Å². The molecule has 0 radical (unpaired) electrons. The van der Waals surface area contributed by atoms with Crippen LogP contribution in [0.15, 0.2) is 79.0 Å². The maximum atomic E-state index is 13.1. The van der Waals surface area contributed by atoms with Crippen LogP contribution in [0.1, 0.15) is 37.6 Å². The molecule has 0 aliphatic carbocycles. The Hall–Kier alpha value is -4.66. The molecule has 4 aromatic rings. The number of rotatable bonds is 10. The number of nitrogens with one attached hydrogen (secondary N) is 1. The van der Waals surface area contributed by atoms with E-state index in [2.05, 4.69) is 10.3 Å². The summed E-state index contributed by atoms with van der Waals surface area (Å²) in [4.78, 5) is 30.9. The van der Waals surface area contributed by atoms with Gasteiger partial charge in [-0.2, -0.15) is 5.10 Å². The van der Waals surface area contributed by atoms with Gasteiger partial charge in [0.05, 0.1) is 25.4 Å². The SMILES string of the molecule is COc1ccc(Cn2nc(/C=C/C(=O)N[C@@H](Cc3ccccc3)CN(C(=O)O)C(C)(C)C)c3cccnc32)cc1. The largest absolute Gasteiger partial charge is 0.497 e. The van der Waals surface area contributed by atoms with E-state index < -0.39 is 17.7 Å². The number of methoxy groups -OCH3 is 1. The minimum atomic E-state index is -1.03. The number of aromatic nitrogens is 3. The summed E-state index contributed by atoms with van der Waals surface area (Å²) >= 11 is 0. The molecule has 0 unspecified atom stereocenters. The molecule has 208 valence electrons. The molecule has 0 aliphatic heterocycles. The molecule has 4 rings (SSSR count). The molecule has 2 heterocycles. The van der Waals surface area contributed by atoms with Gasteiger partial charge in [0.25, 0.3) is 0 Å². The minimum absolute atomic E-state index is 0.149. The summed E-state index contributed by atoms with van der Waals surface area (Å²) in [6.07, 6.45) is 4.28. The summed E-state index contributed by atoms with van der Waals surface area (Å²) in [5, 5.41) is 18.4. The molecule has 0 saturated heterocycles. The van der Waals surface area contributed by atoms with Crippen molar-refractivity contribution in [1.29, 1.82) is 0 Å². The van der Waals surface area contributed by atoms with Crippen LogP contribution in [0.2, 0.25) is 0 Å². The number of amides is 2. The number of fused-ring (bicyclic) bond motifs is 1. The van der Waals surface area contributed by atoms with Gasteiger partial charge >= 0.3 is 6.09 Å². The molecule has 2 aromatic carbocycles. The van der Waals surface area contributed by atoms with Gasteiger partial charge < -0.3 is 20.1 Å². The number of ether oxygens (including phenoxy) is 1. The second-order valence-electron chi connectivity index (χ2n) is 10.6. The monoisotopic (exact) mass is 541 g/mol. The third-order valence-electron chi connectivity index (χ3n) is 6.53. The second kappa shape index (κ2) is 12.5. The highest BCUT2D eigenvalue weighted by molar-refractivity contribution is 5.94. The number of carboxylic acid groups (broad SMARTS) is 1. The number of carbonyl (C=O) groups excluding carboxylic acids is 1. The summed E-state index contributed by atoms with van der Waals surface area (Å²) in [5.74, 6) is 0.448. The van der Waals surface area contributed by atoms with E-state index >= 15 is 0 Å². The first kappa shape index (κ1) is 28.4. The van der Waals surface area contributed by atoms with Crippen LogP contribution in [0.25, 0.3) is 17.1 Å². The molecular formula is C31H35N5O4. The number of hydrogen-bond donors (Lipinski definition) is 2. The van der Waals surface area contributed by atoms with Crippen LogP contribution in [-0.2, 0) is 17.8 Å². The summed E-state index contributed by atoms with van der Waals surface area (Å²) in [5.41, 5.74) is 2.75. The minimum Gasteiger partial charge on any atom is -0.497 e. The highest BCUT2D eigenvalue weighted by Gasteiger charge is 2.29. The first-order chi connectivity index (χ1) is 19.1. The maximum absolute atomic E-state index is 13.1. The fraction of sp³-hybridized carbons (Fsp3) is 0.290. The first-order valence-electron chi connectivity index (χ1n) is 13.1. The van der Waals surface area contributed by atoms with Gasteiger partial charge in [-0.05, 0) is 68.7 Å². The van der Waals surface area contributed by atoms with Crippen molar-refractivity contribution in [2.45, 2.75) is 45.3 Å². The van der Waals surface area contributed by atoms with E-state index in [1.807, 2.05) is 87.5 Å². The van der Waals surface area contributed by atoms with Crippen LogP contribution in [0.5, 0.6) is 5.75 Å². The van der Waals surface area contributed by atoms with Crippen molar-refractivity contribution in [3.05, 3.63) is 95.8 Å². The van der Waals surface area contributed by atoms with Gasteiger partial charge in [0.2, 0.25) is 5.91 Å². The Morgan fingerprint density at radius 1 is 1.05 bits per heavy atom. The zero-order chi connectivity index (χ0) is 28.7. The number of nitrogens with zero attached hydrogens (tertiary/aromatic N) is 4. The van der Waals surface area contributed by atoms with Gasteiger partial charge in [-0.3, -0.25) is 4.79 Å². The molecule has 0 saturated carbocycles. The summed E-state index contributed by atoms with van der Waals surface area (Å²) in [6, 6.07) is 20.8. The molecule has 0 spiro atoms. The number of carbonyl (C=O) groups is 2. The van der Waals surface area contributed by atoms with Gasteiger partial charge in [-0.25, -0.2) is 14.5 Å². The van der Waals surface area contributed by atoms with Crippen molar-refractivity contribution in [2.24, 2.45) is 0 Å². The summed E-state index contributed by atoms with van der Waals surface area (Å²) in [7, 11) is 1.63. The van der Waals surface area contributed by atoms with Gasteiger partial charge in [0, 0.05) is 29.7 Å². The van der Waals surface area contributed by atoms with Crippen molar-refractivity contribution in [3.63, 3.8) is 0 Å². The van der Waals surface area contributed by atoms with Crippen molar-refractivity contribution < 1.29 is 19.4 Å². The Kier molecular flexibility index (Phi) is 8.83. The van der Waals surface area contributed by atoms with Crippen molar-refractivity contribution >= 4 is 29.1 Å². The van der Waals surface area contributed by atoms with E-state index in [4.69, 9.17) is 9.84 Å². The Balaban J connectivity index is 1.54. The third kappa shape index (κ3) is 7.25. The molecule has 9 heteroatoms. The molecule has 0 fully saturated rings. The second-order valence-corrected chi connectivity index (χ2v) is 10.6. The van der Waals surface area contributed by atoms with Crippen molar-refractivity contribution in [3.8, 4) is 5.75 Å². The van der Waals surface area contributed by atoms with Gasteiger partial charge in [0.15, 0.2) is 5.65 Å². The predicted molar refractivity (Wildman–Crippen MR) is 155 cm³/mol. The Labute approximate surface area is 234 Å². The quantitative estimate of drug-likeness (QED) is 0.273. The predicted octanol–water partition coefficient (Wildman–Crippen LogP) is 5.01. The molecule has 2 amide bonds. The van der Waals surface area contributed by atoms with Crippen LogP contribution in [0.3, 0.4) is 0 Å². The Morgan fingerprint density at radius 2 is 1.77 bits per heavy atom. The molecule has 2 aromatic heterocycles. The van der Waals surface area contributed by atoms with Crippen LogP contribution in [0, 0.1) is 0 Å². The fourth-order valence-corrected chi connectivity index (χ4v) is 4.49. The zero-order valence-corrected chi connectivity index (χ0v) is 23.2. The van der Waals surface area contributed by atoms with Crippen LogP contribution >= 0.6 is 0 Å². The number of benzene rings is 2. The molecular weight excluding hydrogens is 506 g/mol. The van der Waals surface area contributed by atoms with E-state index in [-0.39, 0.29) is 12.5 Å². The standard InChI is InChI=1S/C31H35N5O4/c1-31(2,3)35(30(38)39)21-24(19-22-9-6-5-7-10-22)33-28(37)17-16-27-26-11-8-18-32-29(26)36(34-27)20-23-12-14-25(40-4)15-13-23/h5-18,24H,19-21H2,1-4H3,(H,33,37)(H,38,39)/b17-16+/t24-/m0/s1. The number of hydrogen-bond acceptors (Lipinski definition) is 5. The Morgan fingerprint density at radius 3 is 2.42 bits per heavy atom. The lowest BCUT2D eigenvalue weighted by atomic mass is 10.0. The highest BCUT2D eigenvalue weighted by atomic mass is 16.5. The van der Waals surface area contributed by atoms with E-state index in [1.54, 1.807) is 24.1 Å². The lowest BCUT2D eigenvalue weighted by molar-refractivity contribution is -0.117. The van der Waals surface area contributed by atoms with Gasteiger partial charge in [0.1, 0.15) is 5.75 Å². The van der Waals surface area contributed by atoms with Crippen molar-refractivity contribution in [1.82, 2.24) is 25.0 Å². The molecule has 0 bridgehead atoms. The lowest BCUT2D eigenvalue weighted by Crippen LogP contribution is -2.53. The average Bonchev–Trinajstić information content (AvgIpc) is 3.28. The lowest BCUT2D eigenvalue weighted by Gasteiger charge is -2.36. The van der Waals surface area contributed by atoms with Crippen LogP contribution in [-0.4, -0.2) is 62.0 Å². The molecule has 9 nitrogen and oxygen atoms in total. The number of pyridine rings is 1. The molecule has 1 atom stereocenters. The van der Waals surface area contributed by atoms with Crippen LogP contribution < -0.4 is 10.1 Å². The molecule has 0 aliphatic rings. The first-order valence-corrected chi connectivity index (χ1v) is 13.1. The smallest absolute Gasteiger partial charge is 0.407 e. The van der Waals surface area contributed by atoms with E-state index in [9.17, 15) is 14.7 Å². The summed E-state index contributed by atoms with van der Waals surface area (Å²) < 4.78 is 7.05. The normalized spacial score (nSPS) is 12.4. The highest BCUT2D eigenvalue weighted by Crippen LogP contribution is 2.20. The fourth-order valence-electron chi connectivity index (χ4n) is 4.49. The van der Waals surface area contributed by atoms with Gasteiger partial charge in [-0.15, -0.1) is 0 Å². The molecule has 40 heavy (non-hydrogen) atoms. The van der Waals surface area contributed by atoms with Crippen LogP contribution in [0.4, 0.5) is 4.79 Å². The van der Waals surface area contributed by atoms with E-state index in [1.165, 1.54) is 11.0 Å². The maximum Gasteiger partial charge on any atom is 0.407 e. The zero-order valence-electron chi connectivity index (χ0n) is 23.2. The van der Waals surface area contributed by atoms with Crippen molar-refractivity contribution in [2.75, 3.05) is 13.7 Å². The van der Waals surface area contributed by atoms with Gasteiger partial charge in [-0.1, -0.05) is 42.5 Å². The van der Waals surface area contributed by atoms with E-state index in [0.717, 1.165) is 22.3 Å². The molecule has 2 N–H and O–H groups in total.